The van der Waals surface area contributed by atoms with Crippen molar-refractivity contribution in [1.82, 2.24) is 19.7 Å². The maximum atomic E-state index is 6.01. The lowest BCUT2D eigenvalue weighted by atomic mass is 10.2. The standard InChI is InChI=1S/C17H13ClN4O2S/c1-22-16(13-6-3-7-23-13)20-21-17(22)25-10-15-19-9-14(24-15)11-4-2-5-12(18)8-11/h2-9H,10H2,1H3. The molecule has 0 bridgehead atoms. The molecule has 3 heterocycles. The maximum Gasteiger partial charge on any atom is 0.205 e. The van der Waals surface area contributed by atoms with Crippen LogP contribution in [0.4, 0.5) is 0 Å². The Morgan fingerprint density at radius 2 is 2.08 bits per heavy atom. The molecule has 0 unspecified atom stereocenters. The van der Waals surface area contributed by atoms with Crippen molar-refractivity contribution in [2.45, 2.75) is 10.9 Å². The largest absolute Gasteiger partial charge is 0.461 e. The highest BCUT2D eigenvalue weighted by atomic mass is 35.5. The molecule has 0 saturated heterocycles. The van der Waals surface area contributed by atoms with E-state index in [0.29, 0.717) is 34.0 Å². The number of oxazole rings is 1. The van der Waals surface area contributed by atoms with Gasteiger partial charge in [0, 0.05) is 17.6 Å². The average molecular weight is 373 g/mol. The van der Waals surface area contributed by atoms with Crippen LogP contribution in [-0.2, 0) is 12.8 Å². The van der Waals surface area contributed by atoms with Gasteiger partial charge in [0.25, 0.3) is 0 Å². The van der Waals surface area contributed by atoms with Gasteiger partial charge in [-0.2, -0.15) is 0 Å². The number of thioether (sulfide) groups is 1. The van der Waals surface area contributed by atoms with E-state index in [2.05, 4.69) is 15.2 Å². The van der Waals surface area contributed by atoms with Crippen LogP contribution in [-0.4, -0.2) is 19.7 Å². The van der Waals surface area contributed by atoms with Crippen LogP contribution < -0.4 is 0 Å². The molecule has 0 saturated carbocycles. The summed E-state index contributed by atoms with van der Waals surface area (Å²) in [5.74, 6) is 3.21. The summed E-state index contributed by atoms with van der Waals surface area (Å²) in [5, 5.41) is 9.78. The van der Waals surface area contributed by atoms with E-state index in [9.17, 15) is 0 Å². The Balaban J connectivity index is 1.48. The smallest absolute Gasteiger partial charge is 0.205 e. The van der Waals surface area contributed by atoms with Crippen molar-refractivity contribution in [3.05, 3.63) is 59.8 Å². The summed E-state index contributed by atoms with van der Waals surface area (Å²) in [4.78, 5) is 4.32. The maximum absolute atomic E-state index is 6.01. The first kappa shape index (κ1) is 16.0. The topological polar surface area (TPSA) is 69.9 Å². The molecule has 8 heteroatoms. The van der Waals surface area contributed by atoms with E-state index in [4.69, 9.17) is 20.4 Å². The molecule has 126 valence electrons. The number of rotatable bonds is 5. The Kier molecular flexibility index (Phi) is 4.33. The van der Waals surface area contributed by atoms with E-state index in [1.54, 1.807) is 12.5 Å². The fourth-order valence-corrected chi connectivity index (χ4v) is 3.29. The third-order valence-corrected chi connectivity index (χ3v) is 4.80. The Hall–Kier alpha value is -2.51. The predicted octanol–water partition coefficient (Wildman–Crippen LogP) is 4.68. The van der Waals surface area contributed by atoms with E-state index in [1.807, 2.05) is 48.0 Å². The molecule has 0 atom stereocenters. The molecule has 0 aliphatic rings. The minimum Gasteiger partial charge on any atom is -0.461 e. The average Bonchev–Trinajstić information content (AvgIpc) is 3.34. The molecule has 0 N–H and O–H groups in total. The number of halogens is 1. The van der Waals surface area contributed by atoms with Gasteiger partial charge in [0.05, 0.1) is 18.2 Å². The van der Waals surface area contributed by atoms with Crippen molar-refractivity contribution in [2.75, 3.05) is 0 Å². The summed E-state index contributed by atoms with van der Waals surface area (Å²) in [6, 6.07) is 11.1. The number of furan rings is 1. The SMILES string of the molecule is Cn1c(SCc2ncc(-c3cccc(Cl)c3)o2)nnc1-c1ccco1. The highest BCUT2D eigenvalue weighted by molar-refractivity contribution is 7.98. The van der Waals surface area contributed by atoms with E-state index in [1.165, 1.54) is 11.8 Å². The molecule has 6 nitrogen and oxygen atoms in total. The van der Waals surface area contributed by atoms with Crippen molar-refractivity contribution >= 4 is 23.4 Å². The minimum atomic E-state index is 0.546. The van der Waals surface area contributed by atoms with Crippen LogP contribution in [0.3, 0.4) is 0 Å². The second-order valence-electron chi connectivity index (χ2n) is 5.26. The van der Waals surface area contributed by atoms with Crippen molar-refractivity contribution in [2.24, 2.45) is 7.05 Å². The van der Waals surface area contributed by atoms with Gasteiger partial charge in [-0.1, -0.05) is 35.5 Å². The van der Waals surface area contributed by atoms with Crippen LogP contribution in [0.5, 0.6) is 0 Å². The number of benzene rings is 1. The molecule has 0 spiro atoms. The number of hydrogen-bond donors (Lipinski definition) is 0. The summed E-state index contributed by atoms with van der Waals surface area (Å²) >= 11 is 7.51. The van der Waals surface area contributed by atoms with Gasteiger partial charge in [-0.05, 0) is 24.3 Å². The highest BCUT2D eigenvalue weighted by Crippen LogP contribution is 2.28. The lowest BCUT2D eigenvalue weighted by Crippen LogP contribution is -1.94. The van der Waals surface area contributed by atoms with Crippen LogP contribution >= 0.6 is 23.4 Å². The lowest BCUT2D eigenvalue weighted by Gasteiger charge is -2.00. The van der Waals surface area contributed by atoms with Crippen molar-refractivity contribution in [3.63, 3.8) is 0 Å². The van der Waals surface area contributed by atoms with Gasteiger partial charge in [-0.25, -0.2) is 4.98 Å². The molecule has 0 aliphatic carbocycles. The zero-order valence-electron chi connectivity index (χ0n) is 13.2. The number of hydrogen-bond acceptors (Lipinski definition) is 6. The quantitative estimate of drug-likeness (QED) is 0.474. The van der Waals surface area contributed by atoms with Gasteiger partial charge in [0.1, 0.15) is 0 Å². The Bertz CT molecular complexity index is 994. The van der Waals surface area contributed by atoms with Crippen LogP contribution in [0.1, 0.15) is 5.89 Å². The van der Waals surface area contributed by atoms with Gasteiger partial charge in [-0.3, -0.25) is 0 Å². The van der Waals surface area contributed by atoms with E-state index < -0.39 is 0 Å². The third-order valence-electron chi connectivity index (χ3n) is 3.56. The molecule has 0 radical (unpaired) electrons. The molecule has 25 heavy (non-hydrogen) atoms. The molecular formula is C17H13ClN4O2S. The molecule has 1 aromatic carbocycles. The highest BCUT2D eigenvalue weighted by Gasteiger charge is 2.14. The lowest BCUT2D eigenvalue weighted by molar-refractivity contribution is 0.529. The summed E-state index contributed by atoms with van der Waals surface area (Å²) in [6.07, 6.45) is 3.31. The first-order valence-electron chi connectivity index (χ1n) is 7.47. The monoisotopic (exact) mass is 372 g/mol. The van der Waals surface area contributed by atoms with Crippen LogP contribution in [0.15, 0.2) is 62.8 Å². The van der Waals surface area contributed by atoms with Crippen molar-refractivity contribution in [1.29, 1.82) is 0 Å². The molecule has 0 fully saturated rings. The Labute approximate surface area is 152 Å². The Morgan fingerprint density at radius 1 is 1.16 bits per heavy atom. The van der Waals surface area contributed by atoms with E-state index in [0.717, 1.165) is 10.7 Å². The summed E-state index contributed by atoms with van der Waals surface area (Å²) in [7, 11) is 1.90. The second-order valence-corrected chi connectivity index (χ2v) is 6.64. The summed E-state index contributed by atoms with van der Waals surface area (Å²) < 4.78 is 13.0. The molecule has 3 aromatic heterocycles. The van der Waals surface area contributed by atoms with Crippen molar-refractivity contribution in [3.8, 4) is 22.9 Å². The first-order chi connectivity index (χ1) is 12.2. The third kappa shape index (κ3) is 3.33. The molecule has 0 amide bonds. The van der Waals surface area contributed by atoms with Crippen LogP contribution in [0.25, 0.3) is 22.9 Å². The molecule has 0 aliphatic heterocycles. The normalized spacial score (nSPS) is 11.1. The minimum absolute atomic E-state index is 0.546. The molecule has 4 aromatic rings. The predicted molar refractivity (Wildman–Crippen MR) is 95.2 cm³/mol. The zero-order valence-corrected chi connectivity index (χ0v) is 14.8. The number of nitrogens with zero attached hydrogens (tertiary/aromatic N) is 4. The molecular weight excluding hydrogens is 360 g/mol. The van der Waals surface area contributed by atoms with E-state index in [-0.39, 0.29) is 0 Å². The van der Waals surface area contributed by atoms with Gasteiger partial charge in [0.15, 0.2) is 22.5 Å². The Morgan fingerprint density at radius 3 is 2.88 bits per heavy atom. The van der Waals surface area contributed by atoms with Crippen LogP contribution in [0, 0.1) is 0 Å². The second kappa shape index (κ2) is 6.78. The van der Waals surface area contributed by atoms with Crippen molar-refractivity contribution < 1.29 is 8.83 Å². The summed E-state index contributed by atoms with van der Waals surface area (Å²) in [6.45, 7) is 0. The fraction of sp³-hybridized carbons (Fsp3) is 0.118. The first-order valence-corrected chi connectivity index (χ1v) is 8.84. The van der Waals surface area contributed by atoms with Gasteiger partial charge < -0.3 is 13.4 Å². The molecule has 4 rings (SSSR count). The number of aromatic nitrogens is 4. The fourth-order valence-electron chi connectivity index (χ4n) is 2.34. The van der Waals surface area contributed by atoms with Gasteiger partial charge in [-0.15, -0.1) is 10.2 Å². The van der Waals surface area contributed by atoms with Gasteiger partial charge in [0.2, 0.25) is 5.89 Å². The van der Waals surface area contributed by atoms with E-state index >= 15 is 0 Å². The van der Waals surface area contributed by atoms with Gasteiger partial charge >= 0.3 is 0 Å². The zero-order chi connectivity index (χ0) is 17.2. The summed E-state index contributed by atoms with van der Waals surface area (Å²) in [5.41, 5.74) is 0.898. The van der Waals surface area contributed by atoms with Crippen LogP contribution in [0.2, 0.25) is 5.02 Å².